The molecular weight excluding hydrogens is 1540 g/mol. The van der Waals surface area contributed by atoms with Crippen LogP contribution in [0.1, 0.15) is 185 Å². The highest BCUT2D eigenvalue weighted by molar-refractivity contribution is 7.10. The Bertz CT molecular complexity index is 5140. The molecule has 1 N–H and O–H groups in total. The first-order chi connectivity index (χ1) is 55.9. The van der Waals surface area contributed by atoms with Gasteiger partial charge < -0.3 is 10.0 Å². The average molecular weight is 1620 g/mol. The van der Waals surface area contributed by atoms with Gasteiger partial charge in [0, 0.05) is 65.6 Å². The molecule has 4 atom stereocenters. The van der Waals surface area contributed by atoms with E-state index in [0.717, 1.165) is 98.1 Å². The second-order valence-electron chi connectivity index (χ2n) is 29.0. The maximum absolute atomic E-state index is 15.0. The van der Waals surface area contributed by atoms with Crippen molar-refractivity contribution in [2.24, 2.45) is 23.7 Å². The van der Waals surface area contributed by atoms with E-state index in [-0.39, 0.29) is 47.0 Å². The molecule has 0 radical (unpaired) electrons. The summed E-state index contributed by atoms with van der Waals surface area (Å²) >= 11 is 2.92. The average Bonchev–Trinajstić information content (AvgIpc) is 0.853. The van der Waals surface area contributed by atoms with Crippen molar-refractivity contribution in [3.8, 4) is 66.5 Å². The Balaban J connectivity index is 0.000000167. The second-order valence-corrected chi connectivity index (χ2v) is 30.9. The largest absolute Gasteiger partial charge is 0.508 e. The Kier molecular flexibility index (Phi) is 30.3. The van der Waals surface area contributed by atoms with Crippen LogP contribution < -0.4 is 14.7 Å². The molecule has 0 aliphatic heterocycles. The van der Waals surface area contributed by atoms with Crippen LogP contribution in [0.2, 0.25) is 0 Å². The van der Waals surface area contributed by atoms with Crippen molar-refractivity contribution in [2.75, 3.05) is 21.7 Å². The van der Waals surface area contributed by atoms with E-state index in [4.69, 9.17) is 25.7 Å². The summed E-state index contributed by atoms with van der Waals surface area (Å²) in [6.07, 6.45) is 41.4. The van der Waals surface area contributed by atoms with Gasteiger partial charge in [0.2, 0.25) is 5.82 Å². The van der Waals surface area contributed by atoms with Crippen LogP contribution in [0.3, 0.4) is 0 Å². The third-order valence-electron chi connectivity index (χ3n) is 21.2. The van der Waals surface area contributed by atoms with E-state index in [1.54, 1.807) is 56.3 Å². The van der Waals surface area contributed by atoms with Gasteiger partial charge in [0.25, 0.3) is 5.91 Å². The van der Waals surface area contributed by atoms with Gasteiger partial charge in [-0.05, 0) is 182 Å². The van der Waals surface area contributed by atoms with Gasteiger partial charge in [-0.1, -0.05) is 133 Å². The maximum atomic E-state index is 15.0. The van der Waals surface area contributed by atoms with E-state index in [2.05, 4.69) is 48.8 Å². The summed E-state index contributed by atoms with van der Waals surface area (Å²) in [4.78, 5) is 109. The highest BCUT2D eigenvalue weighted by Gasteiger charge is 2.42. The number of likely N-dealkylation sites (N-methyl/N-ethyl adjacent to an activating group) is 1. The van der Waals surface area contributed by atoms with E-state index in [9.17, 15) is 61.0 Å². The molecule has 4 unspecified atom stereocenters. The first-order valence-corrected chi connectivity index (χ1v) is 39.7. The molecule has 4 aliphatic rings. The third-order valence-corrected chi connectivity index (χ3v) is 23.1. The van der Waals surface area contributed by atoms with Crippen LogP contribution in [0.25, 0.3) is 11.4 Å². The summed E-state index contributed by atoms with van der Waals surface area (Å²) in [5.74, 6) is -6.48. The van der Waals surface area contributed by atoms with Crippen LogP contribution in [-0.2, 0) is 38.4 Å². The lowest BCUT2D eigenvalue weighted by atomic mass is 9.91. The molecule has 4 fully saturated rings. The number of hydrogen-bond donors (Lipinski definition) is 1. The van der Waals surface area contributed by atoms with Gasteiger partial charge in [-0.3, -0.25) is 53.1 Å². The number of amides is 4. The molecule has 4 heterocycles. The molecular formula is C87H84F6N12O9S2. The van der Waals surface area contributed by atoms with Crippen LogP contribution in [-0.4, -0.2) is 104 Å². The number of hydrogen-bond acceptors (Lipinski definition) is 17. The number of rotatable bonds is 25. The highest BCUT2D eigenvalue weighted by atomic mass is 32.1. The summed E-state index contributed by atoms with van der Waals surface area (Å²) in [6.45, 7) is 3.45. The standard InChI is InChI=1S/C25H20F5N5O2.C25H24FN5O2.C21H21NO3S.C16H19NO2S/c1-3-18(37)35(15-8-9-16(13(2)10-15)34-12-31-32-33-34)25(17(36)11-14-6-4-5-7-14)19-20(26)22(28)24(30)23(29)21(19)27;1-3-24(33)31(21-11-12-22(17(2)13-21)30-16-27-28-29-30)25(19-9-6-10-20(26)15-19)23(32)14-18-7-4-5-8-18;1-2-20(25)22(16-9-5-10-17(23)14-16)21(19-11-6-12-26-19)18(24)13-15-7-3-4-8-15;1-3-15(19)17(2)16(14-9-6-10-20-14)13(18)11-12-7-4-5-8-12/h1,8-10,12,14,25H,4-7,11H2,2H3;1,6,9-13,15-16,18,25H,4-5,7-8,14H2,2H3;1,5-6,9-12,14-15,21,23H,3-4,7-8,13H2;1,6,9-10,12,16H,4-5,7-8,11H2,2H3. The lowest BCUT2D eigenvalue weighted by molar-refractivity contribution is -0.134. The van der Waals surface area contributed by atoms with Gasteiger partial charge in [0.05, 0.1) is 16.9 Å². The van der Waals surface area contributed by atoms with Gasteiger partial charge in [-0.25, -0.2) is 35.7 Å². The molecule has 29 heteroatoms. The maximum Gasteiger partial charge on any atom is 0.303 e. The third kappa shape index (κ3) is 21.0. The van der Waals surface area contributed by atoms with Crippen molar-refractivity contribution in [3.63, 3.8) is 0 Å². The fourth-order valence-electron chi connectivity index (χ4n) is 15.6. The van der Waals surface area contributed by atoms with E-state index in [1.165, 1.54) is 121 Å². The fraction of sp³-hybridized carbons (Fsp3) is 0.356. The summed E-state index contributed by atoms with van der Waals surface area (Å²) in [7, 11) is 1.61. The summed E-state index contributed by atoms with van der Waals surface area (Å²) in [5.41, 5.74) is 2.14. The molecule has 0 spiro atoms. The molecule has 116 heavy (non-hydrogen) atoms. The number of ketones is 4. The molecule has 5 aromatic carbocycles. The zero-order chi connectivity index (χ0) is 83.3. The van der Waals surface area contributed by atoms with Crippen molar-refractivity contribution in [3.05, 3.63) is 200 Å². The number of halogens is 6. The first-order valence-electron chi connectivity index (χ1n) is 37.9. The summed E-state index contributed by atoms with van der Waals surface area (Å²) in [6, 6.07) is 24.4. The number of thiophene rings is 2. The minimum absolute atomic E-state index is 0.00806. The molecule has 9 aromatic rings. The van der Waals surface area contributed by atoms with Crippen LogP contribution in [0.4, 0.5) is 43.4 Å². The quantitative estimate of drug-likeness (QED) is 0.0241. The SMILES string of the molecule is C#CC(=O)N(C)C(C(=O)CC1CCCC1)c1cccs1.C#CC(=O)N(c1ccc(-n2cnnn2)c(C)c1)C(C(=O)CC1CCCC1)c1c(F)c(F)c(F)c(F)c1F.C#CC(=O)N(c1ccc(-n2cnnn2)c(C)c1)C(C(=O)CC1CCCC1)c1cccc(F)c1.C#CC(=O)N(c1cccc(O)c1)C(C(=O)CC1CCCC1)c1cccs1. The number of terminal acetylenes is 4. The number of carbonyl (C=O) groups is 8. The zero-order valence-corrected chi connectivity index (χ0v) is 65.6. The van der Waals surface area contributed by atoms with Gasteiger partial charge in [0.1, 0.15) is 48.4 Å². The number of tetrazole rings is 2. The Labute approximate surface area is 675 Å². The number of benzene rings is 5. The van der Waals surface area contributed by atoms with E-state index < -0.39 is 94.0 Å². The van der Waals surface area contributed by atoms with E-state index >= 15 is 8.78 Å². The van der Waals surface area contributed by atoms with Crippen molar-refractivity contribution in [2.45, 2.75) is 166 Å². The monoisotopic (exact) mass is 1620 g/mol. The first kappa shape index (κ1) is 86.2. The number of aromatic nitrogens is 8. The normalized spacial score (nSPS) is 15.0. The van der Waals surface area contributed by atoms with Crippen LogP contribution in [0.15, 0.2) is 133 Å². The molecule has 4 aliphatic carbocycles. The Morgan fingerprint density at radius 1 is 0.448 bits per heavy atom. The Morgan fingerprint density at radius 3 is 1.20 bits per heavy atom. The number of phenols is 1. The predicted molar refractivity (Wildman–Crippen MR) is 425 cm³/mol. The molecule has 21 nitrogen and oxygen atoms in total. The highest BCUT2D eigenvalue weighted by Crippen LogP contribution is 2.42. The lowest BCUT2D eigenvalue weighted by Gasteiger charge is -2.31. The molecule has 0 saturated heterocycles. The predicted octanol–water partition coefficient (Wildman–Crippen LogP) is 15.8. The number of anilines is 3. The Hall–Kier alpha value is -12.2. The van der Waals surface area contributed by atoms with Crippen molar-refractivity contribution in [1.29, 1.82) is 0 Å². The smallest absolute Gasteiger partial charge is 0.303 e. The molecule has 0 bridgehead atoms. The number of carbonyl (C=O) groups excluding carboxylic acids is 8. The van der Waals surface area contributed by atoms with Crippen LogP contribution >= 0.6 is 22.7 Å². The van der Waals surface area contributed by atoms with Gasteiger partial charge in [0.15, 0.2) is 46.4 Å². The van der Waals surface area contributed by atoms with Gasteiger partial charge in [-0.2, -0.15) is 0 Å². The molecule has 600 valence electrons. The molecule has 4 aromatic heterocycles. The number of phenolic OH excluding ortho intramolecular Hbond substituents is 1. The van der Waals surface area contributed by atoms with Gasteiger partial charge >= 0.3 is 17.7 Å². The van der Waals surface area contributed by atoms with Crippen molar-refractivity contribution < 1.29 is 69.8 Å². The molecule has 4 saturated carbocycles. The van der Waals surface area contributed by atoms with E-state index in [0.29, 0.717) is 77.0 Å². The number of aromatic hydroxyl groups is 1. The van der Waals surface area contributed by atoms with Crippen molar-refractivity contribution >= 4 is 86.5 Å². The summed E-state index contributed by atoms with van der Waals surface area (Å²) < 4.78 is 89.2. The second kappa shape index (κ2) is 40.7. The van der Waals surface area contributed by atoms with Crippen molar-refractivity contribution in [1.82, 2.24) is 45.3 Å². The minimum atomic E-state index is -2.38. The minimum Gasteiger partial charge on any atom is -0.508 e. The fourth-order valence-corrected chi connectivity index (χ4v) is 17.4. The van der Waals surface area contributed by atoms with E-state index in [1.807, 2.05) is 41.9 Å². The molecule has 4 amide bonds. The number of aryl methyl sites for hydroxylation is 2. The van der Waals surface area contributed by atoms with Crippen LogP contribution in [0, 0.1) is 122 Å². The number of nitrogens with zero attached hydrogens (tertiary/aromatic N) is 12. The lowest BCUT2D eigenvalue weighted by Crippen LogP contribution is -2.40. The Morgan fingerprint density at radius 2 is 0.819 bits per heavy atom. The van der Waals surface area contributed by atoms with Gasteiger partial charge in [-0.15, -0.1) is 58.6 Å². The molecule has 13 rings (SSSR count). The van der Waals surface area contributed by atoms with Crippen LogP contribution in [0.5, 0.6) is 5.75 Å². The number of Topliss-reactive ketones (excluding diaryl/α,β-unsaturated/α-hetero) is 4. The summed E-state index contributed by atoms with van der Waals surface area (Å²) in [5, 5.41) is 35.6. The zero-order valence-electron chi connectivity index (χ0n) is 63.9. The topological polar surface area (TPSA) is 257 Å².